The second-order valence-corrected chi connectivity index (χ2v) is 5.77. The summed E-state index contributed by atoms with van der Waals surface area (Å²) in [7, 11) is 0. The Bertz CT molecular complexity index is 396. The first-order chi connectivity index (χ1) is 8.60. The van der Waals surface area contributed by atoms with Crippen LogP contribution in [0.4, 0.5) is 4.39 Å². The van der Waals surface area contributed by atoms with Gasteiger partial charge in [-0.15, -0.1) is 0 Å². The van der Waals surface area contributed by atoms with E-state index in [1.54, 1.807) is 0 Å². The highest BCUT2D eigenvalue weighted by molar-refractivity contribution is 9.10. The Morgan fingerprint density at radius 3 is 2.89 bits per heavy atom. The maximum Gasteiger partial charge on any atom is 0.124 e. The molecule has 1 fully saturated rings. The summed E-state index contributed by atoms with van der Waals surface area (Å²) in [5.74, 6) is 5.84. The fourth-order valence-corrected chi connectivity index (χ4v) is 3.00. The normalized spacial score (nSPS) is 25.3. The van der Waals surface area contributed by atoms with Gasteiger partial charge in [0, 0.05) is 11.1 Å². The molecule has 1 saturated heterocycles. The Kier molecular flexibility index (Phi) is 4.72. The third-order valence-electron chi connectivity index (χ3n) is 3.43. The molecule has 5 heteroatoms. The van der Waals surface area contributed by atoms with Gasteiger partial charge in [-0.25, -0.2) is 4.39 Å². The molecule has 0 saturated carbocycles. The van der Waals surface area contributed by atoms with Crippen LogP contribution >= 0.6 is 15.9 Å². The van der Waals surface area contributed by atoms with Crippen molar-refractivity contribution in [3.05, 3.63) is 34.1 Å². The van der Waals surface area contributed by atoms with Crippen molar-refractivity contribution < 1.29 is 9.13 Å². The molecule has 1 aromatic rings. The van der Waals surface area contributed by atoms with E-state index in [1.165, 1.54) is 12.1 Å². The van der Waals surface area contributed by atoms with Gasteiger partial charge in [0.2, 0.25) is 0 Å². The van der Waals surface area contributed by atoms with Gasteiger partial charge >= 0.3 is 0 Å². The second kappa shape index (κ2) is 6.10. The predicted molar refractivity (Wildman–Crippen MR) is 72.4 cm³/mol. The van der Waals surface area contributed by atoms with Crippen LogP contribution in [0.25, 0.3) is 0 Å². The summed E-state index contributed by atoms with van der Waals surface area (Å²) in [4.78, 5) is 0. The van der Waals surface area contributed by atoms with Gasteiger partial charge in [0.25, 0.3) is 0 Å². The van der Waals surface area contributed by atoms with Gasteiger partial charge in [-0.05, 0) is 42.5 Å². The van der Waals surface area contributed by atoms with Crippen molar-refractivity contribution in [3.8, 4) is 0 Å². The number of hydrogen-bond donors (Lipinski definition) is 2. The fourth-order valence-electron chi connectivity index (χ4n) is 2.48. The first-order valence-corrected chi connectivity index (χ1v) is 6.92. The standard InChI is InChI=1S/C13H18BrFN2O/c1-8-2-3-18-13(8)12(17-16)6-9-4-10(14)7-11(15)5-9/h4-5,7-8,12-13,17H,2-3,6,16H2,1H3. The lowest BCUT2D eigenvalue weighted by molar-refractivity contribution is 0.0610. The molecule has 0 spiro atoms. The van der Waals surface area contributed by atoms with E-state index in [9.17, 15) is 4.39 Å². The van der Waals surface area contributed by atoms with Crippen LogP contribution in [0.5, 0.6) is 0 Å². The van der Waals surface area contributed by atoms with E-state index >= 15 is 0 Å². The molecule has 1 heterocycles. The summed E-state index contributed by atoms with van der Waals surface area (Å²) in [6.07, 6.45) is 1.80. The molecule has 0 radical (unpaired) electrons. The first-order valence-electron chi connectivity index (χ1n) is 6.13. The Hall–Kier alpha value is -0.490. The molecule has 100 valence electrons. The van der Waals surface area contributed by atoms with E-state index in [1.807, 2.05) is 6.07 Å². The summed E-state index contributed by atoms with van der Waals surface area (Å²) < 4.78 is 19.8. The summed E-state index contributed by atoms with van der Waals surface area (Å²) in [6, 6.07) is 4.90. The average molecular weight is 317 g/mol. The van der Waals surface area contributed by atoms with Gasteiger partial charge < -0.3 is 4.74 Å². The molecule has 0 aliphatic carbocycles. The van der Waals surface area contributed by atoms with Crippen molar-refractivity contribution in [2.24, 2.45) is 11.8 Å². The molecular weight excluding hydrogens is 299 g/mol. The number of rotatable bonds is 4. The molecule has 3 N–H and O–H groups in total. The van der Waals surface area contributed by atoms with Crippen molar-refractivity contribution in [3.63, 3.8) is 0 Å². The van der Waals surface area contributed by atoms with Crippen LogP contribution in [0.3, 0.4) is 0 Å². The molecule has 3 atom stereocenters. The Balaban J connectivity index is 2.09. The molecule has 0 aromatic heterocycles. The number of nitrogens with one attached hydrogen (secondary N) is 1. The van der Waals surface area contributed by atoms with E-state index in [2.05, 4.69) is 28.3 Å². The zero-order valence-electron chi connectivity index (χ0n) is 10.3. The van der Waals surface area contributed by atoms with Crippen molar-refractivity contribution in [2.75, 3.05) is 6.61 Å². The maximum absolute atomic E-state index is 13.3. The Morgan fingerprint density at radius 2 is 2.33 bits per heavy atom. The Morgan fingerprint density at radius 1 is 1.56 bits per heavy atom. The molecule has 0 amide bonds. The molecule has 0 bridgehead atoms. The largest absolute Gasteiger partial charge is 0.376 e. The van der Waals surface area contributed by atoms with Crippen LogP contribution in [0, 0.1) is 11.7 Å². The highest BCUT2D eigenvalue weighted by Crippen LogP contribution is 2.25. The lowest BCUT2D eigenvalue weighted by atomic mass is 9.93. The number of halogens is 2. The third-order valence-corrected chi connectivity index (χ3v) is 3.89. The zero-order chi connectivity index (χ0) is 13.1. The zero-order valence-corrected chi connectivity index (χ0v) is 11.9. The molecule has 3 nitrogen and oxygen atoms in total. The van der Waals surface area contributed by atoms with Crippen LogP contribution in [0.2, 0.25) is 0 Å². The number of hydrazine groups is 1. The molecule has 2 rings (SSSR count). The van der Waals surface area contributed by atoms with Crippen molar-refractivity contribution in [1.82, 2.24) is 5.43 Å². The van der Waals surface area contributed by atoms with Crippen molar-refractivity contribution in [1.29, 1.82) is 0 Å². The van der Waals surface area contributed by atoms with E-state index < -0.39 is 0 Å². The Labute approximate surface area is 115 Å². The lowest BCUT2D eigenvalue weighted by Crippen LogP contribution is -2.47. The number of benzene rings is 1. The third kappa shape index (κ3) is 3.29. The van der Waals surface area contributed by atoms with Crippen LogP contribution in [-0.4, -0.2) is 18.8 Å². The monoisotopic (exact) mass is 316 g/mol. The molecule has 1 aliphatic rings. The van der Waals surface area contributed by atoms with Crippen LogP contribution in [0.1, 0.15) is 18.9 Å². The van der Waals surface area contributed by atoms with Crippen LogP contribution < -0.4 is 11.3 Å². The fraction of sp³-hybridized carbons (Fsp3) is 0.538. The van der Waals surface area contributed by atoms with Gasteiger partial charge in [0.1, 0.15) is 5.82 Å². The number of hydrogen-bond acceptors (Lipinski definition) is 3. The summed E-state index contributed by atoms with van der Waals surface area (Å²) in [5, 5.41) is 0. The molecular formula is C13H18BrFN2O. The van der Waals surface area contributed by atoms with Crippen LogP contribution in [-0.2, 0) is 11.2 Å². The molecule has 3 unspecified atom stereocenters. The van der Waals surface area contributed by atoms with E-state index in [4.69, 9.17) is 10.6 Å². The average Bonchev–Trinajstić information content (AvgIpc) is 2.71. The topological polar surface area (TPSA) is 47.3 Å². The van der Waals surface area contributed by atoms with E-state index in [-0.39, 0.29) is 18.0 Å². The lowest BCUT2D eigenvalue weighted by Gasteiger charge is -2.25. The summed E-state index contributed by atoms with van der Waals surface area (Å²) in [5.41, 5.74) is 3.71. The SMILES string of the molecule is CC1CCOC1C(Cc1cc(F)cc(Br)c1)NN. The van der Waals surface area contributed by atoms with Gasteiger partial charge in [-0.1, -0.05) is 22.9 Å². The quantitative estimate of drug-likeness (QED) is 0.662. The molecule has 18 heavy (non-hydrogen) atoms. The van der Waals surface area contributed by atoms with Gasteiger partial charge in [0.15, 0.2) is 0 Å². The van der Waals surface area contributed by atoms with E-state index in [0.29, 0.717) is 12.3 Å². The van der Waals surface area contributed by atoms with Crippen molar-refractivity contribution >= 4 is 15.9 Å². The highest BCUT2D eigenvalue weighted by Gasteiger charge is 2.31. The smallest absolute Gasteiger partial charge is 0.124 e. The predicted octanol–water partition coefficient (Wildman–Crippen LogP) is 2.39. The summed E-state index contributed by atoms with van der Waals surface area (Å²) >= 11 is 3.30. The van der Waals surface area contributed by atoms with Gasteiger partial charge in [-0.2, -0.15) is 0 Å². The molecule has 1 aromatic carbocycles. The first kappa shape index (κ1) is 13.9. The number of nitrogens with two attached hydrogens (primary N) is 1. The summed E-state index contributed by atoms with van der Waals surface area (Å²) in [6.45, 7) is 2.93. The minimum absolute atomic E-state index is 0.0104. The highest BCUT2D eigenvalue weighted by atomic mass is 79.9. The van der Waals surface area contributed by atoms with E-state index in [0.717, 1.165) is 23.1 Å². The maximum atomic E-state index is 13.3. The second-order valence-electron chi connectivity index (χ2n) is 4.86. The minimum atomic E-state index is -0.240. The number of ether oxygens (including phenoxy) is 1. The van der Waals surface area contributed by atoms with Crippen LogP contribution in [0.15, 0.2) is 22.7 Å². The minimum Gasteiger partial charge on any atom is -0.376 e. The van der Waals surface area contributed by atoms with Gasteiger partial charge in [0.05, 0.1) is 12.1 Å². The van der Waals surface area contributed by atoms with Crippen molar-refractivity contribution in [2.45, 2.75) is 31.9 Å². The van der Waals surface area contributed by atoms with Gasteiger partial charge in [-0.3, -0.25) is 11.3 Å². The molecule has 1 aliphatic heterocycles.